The first-order chi connectivity index (χ1) is 9.36. The van der Waals surface area contributed by atoms with Gasteiger partial charge in [0.15, 0.2) is 4.96 Å². The van der Waals surface area contributed by atoms with E-state index >= 15 is 0 Å². The molecule has 0 amide bonds. The largest absolute Gasteiger partial charge is 0.314 e. The first kappa shape index (κ1) is 13.1. The van der Waals surface area contributed by atoms with Gasteiger partial charge < -0.3 is 5.32 Å². The van der Waals surface area contributed by atoms with Crippen molar-refractivity contribution in [1.29, 1.82) is 0 Å². The standard InChI is InChI=1S/C15H23N3S/c1-2-8-16-14(12-6-7-12)5-3-4-13-11-18-9-10-19-15(18)17-13/h9-12,14,16H,2-8H2,1H3. The number of aryl methyl sites for hydroxylation is 1. The molecule has 2 aromatic rings. The highest BCUT2D eigenvalue weighted by Gasteiger charge is 2.30. The minimum absolute atomic E-state index is 0.753. The summed E-state index contributed by atoms with van der Waals surface area (Å²) in [5.74, 6) is 0.956. The molecule has 3 nitrogen and oxygen atoms in total. The van der Waals surface area contributed by atoms with Gasteiger partial charge in [0.25, 0.3) is 0 Å². The third kappa shape index (κ3) is 3.37. The molecule has 0 radical (unpaired) electrons. The zero-order valence-corrected chi connectivity index (χ0v) is 12.5. The lowest BCUT2D eigenvalue weighted by Gasteiger charge is -2.17. The lowest BCUT2D eigenvalue weighted by molar-refractivity contribution is 0.424. The Hall–Kier alpha value is -0.870. The van der Waals surface area contributed by atoms with Crippen molar-refractivity contribution in [2.75, 3.05) is 6.54 Å². The average Bonchev–Trinajstić information content (AvgIpc) is 3.03. The van der Waals surface area contributed by atoms with Gasteiger partial charge in [-0.2, -0.15) is 0 Å². The normalized spacial score (nSPS) is 17.1. The Bertz CT molecular complexity index is 484. The minimum Gasteiger partial charge on any atom is -0.314 e. The Balaban J connectivity index is 1.47. The van der Waals surface area contributed by atoms with Crippen molar-refractivity contribution in [2.45, 2.75) is 51.5 Å². The van der Waals surface area contributed by atoms with E-state index < -0.39 is 0 Å². The molecule has 0 aromatic carbocycles. The Kier molecular flexibility index (Phi) is 4.18. The van der Waals surface area contributed by atoms with Crippen molar-refractivity contribution >= 4 is 16.3 Å². The molecule has 1 aliphatic carbocycles. The van der Waals surface area contributed by atoms with Gasteiger partial charge in [0.2, 0.25) is 0 Å². The third-order valence-corrected chi connectivity index (χ3v) is 4.71. The lowest BCUT2D eigenvalue weighted by Crippen LogP contribution is -2.31. The maximum absolute atomic E-state index is 4.65. The summed E-state index contributed by atoms with van der Waals surface area (Å²) in [4.78, 5) is 5.78. The molecular weight excluding hydrogens is 254 g/mol. The van der Waals surface area contributed by atoms with Crippen LogP contribution in [0, 0.1) is 5.92 Å². The lowest BCUT2D eigenvalue weighted by atomic mass is 10.0. The number of rotatable bonds is 8. The molecule has 1 atom stereocenters. The van der Waals surface area contributed by atoms with Gasteiger partial charge in [-0.05, 0) is 51.0 Å². The van der Waals surface area contributed by atoms with Gasteiger partial charge in [-0.1, -0.05) is 6.92 Å². The van der Waals surface area contributed by atoms with Gasteiger partial charge in [-0.3, -0.25) is 4.40 Å². The molecule has 1 saturated carbocycles. The van der Waals surface area contributed by atoms with E-state index in [1.165, 1.54) is 44.3 Å². The summed E-state index contributed by atoms with van der Waals surface area (Å²) < 4.78 is 2.13. The van der Waals surface area contributed by atoms with Crippen molar-refractivity contribution in [1.82, 2.24) is 14.7 Å². The van der Waals surface area contributed by atoms with Crippen LogP contribution in [0.25, 0.3) is 4.96 Å². The summed E-state index contributed by atoms with van der Waals surface area (Å²) in [6.07, 6.45) is 12.0. The zero-order chi connectivity index (χ0) is 13.1. The fraction of sp³-hybridized carbons (Fsp3) is 0.667. The fourth-order valence-electron chi connectivity index (χ4n) is 2.73. The number of fused-ring (bicyclic) bond motifs is 1. The van der Waals surface area contributed by atoms with Crippen LogP contribution in [0.3, 0.4) is 0 Å². The van der Waals surface area contributed by atoms with Crippen molar-refractivity contribution < 1.29 is 0 Å². The van der Waals surface area contributed by atoms with Crippen LogP contribution in [0.15, 0.2) is 17.8 Å². The number of hydrogen-bond donors (Lipinski definition) is 1. The van der Waals surface area contributed by atoms with Crippen LogP contribution in [0.2, 0.25) is 0 Å². The molecule has 4 heteroatoms. The van der Waals surface area contributed by atoms with Crippen LogP contribution in [0.4, 0.5) is 0 Å². The summed E-state index contributed by atoms with van der Waals surface area (Å²) in [6, 6.07) is 0.753. The molecule has 2 aromatic heterocycles. The van der Waals surface area contributed by atoms with E-state index in [9.17, 15) is 0 Å². The van der Waals surface area contributed by atoms with Crippen LogP contribution >= 0.6 is 11.3 Å². The number of thiazole rings is 1. The highest BCUT2D eigenvalue weighted by molar-refractivity contribution is 7.15. The SMILES string of the molecule is CCCNC(CCCc1cn2ccsc2n1)C1CC1. The minimum atomic E-state index is 0.753. The molecule has 3 rings (SSSR count). The van der Waals surface area contributed by atoms with Crippen LogP contribution < -0.4 is 5.32 Å². The van der Waals surface area contributed by atoms with Crippen LogP contribution in [-0.2, 0) is 6.42 Å². The van der Waals surface area contributed by atoms with E-state index in [2.05, 4.69) is 39.4 Å². The van der Waals surface area contributed by atoms with Gasteiger partial charge >= 0.3 is 0 Å². The zero-order valence-electron chi connectivity index (χ0n) is 11.6. The Morgan fingerprint density at radius 2 is 2.42 bits per heavy atom. The predicted molar refractivity (Wildman–Crippen MR) is 80.8 cm³/mol. The maximum atomic E-state index is 4.65. The van der Waals surface area contributed by atoms with Crippen LogP contribution in [0.5, 0.6) is 0 Å². The highest BCUT2D eigenvalue weighted by atomic mass is 32.1. The molecule has 1 N–H and O–H groups in total. The number of hydrogen-bond acceptors (Lipinski definition) is 3. The summed E-state index contributed by atoms with van der Waals surface area (Å²) in [5, 5.41) is 5.80. The number of aromatic nitrogens is 2. The highest BCUT2D eigenvalue weighted by Crippen LogP contribution is 2.34. The fourth-order valence-corrected chi connectivity index (χ4v) is 3.45. The van der Waals surface area contributed by atoms with Crippen molar-refractivity contribution in [3.05, 3.63) is 23.5 Å². The van der Waals surface area contributed by atoms with E-state index in [-0.39, 0.29) is 0 Å². The molecule has 104 valence electrons. The molecule has 0 bridgehead atoms. The number of imidazole rings is 1. The summed E-state index contributed by atoms with van der Waals surface area (Å²) in [6.45, 7) is 3.41. The molecule has 1 aliphatic rings. The molecule has 0 saturated heterocycles. The van der Waals surface area contributed by atoms with Gasteiger partial charge in [-0.15, -0.1) is 11.3 Å². The summed E-state index contributed by atoms with van der Waals surface area (Å²) in [5.41, 5.74) is 1.25. The van der Waals surface area contributed by atoms with E-state index in [0.29, 0.717) is 0 Å². The molecule has 0 spiro atoms. The van der Waals surface area contributed by atoms with E-state index in [1.54, 1.807) is 11.3 Å². The van der Waals surface area contributed by atoms with Crippen molar-refractivity contribution in [3.8, 4) is 0 Å². The average molecular weight is 277 g/mol. The van der Waals surface area contributed by atoms with E-state index in [0.717, 1.165) is 23.3 Å². The molecule has 1 unspecified atom stereocenters. The second-order valence-corrected chi connectivity index (χ2v) is 6.49. The topological polar surface area (TPSA) is 29.3 Å². The van der Waals surface area contributed by atoms with Crippen LogP contribution in [0.1, 0.15) is 44.7 Å². The second-order valence-electron chi connectivity index (χ2n) is 5.62. The summed E-state index contributed by atoms with van der Waals surface area (Å²) >= 11 is 1.71. The summed E-state index contributed by atoms with van der Waals surface area (Å²) in [7, 11) is 0. The number of nitrogens with zero attached hydrogens (tertiary/aromatic N) is 2. The van der Waals surface area contributed by atoms with Crippen LogP contribution in [-0.4, -0.2) is 22.0 Å². The van der Waals surface area contributed by atoms with E-state index in [4.69, 9.17) is 0 Å². The Morgan fingerprint density at radius 3 is 3.16 bits per heavy atom. The van der Waals surface area contributed by atoms with Gasteiger partial charge in [-0.25, -0.2) is 4.98 Å². The second kappa shape index (κ2) is 6.06. The molecule has 0 aliphatic heterocycles. The quantitative estimate of drug-likeness (QED) is 0.800. The van der Waals surface area contributed by atoms with Gasteiger partial charge in [0, 0.05) is 23.8 Å². The van der Waals surface area contributed by atoms with Crippen molar-refractivity contribution in [3.63, 3.8) is 0 Å². The van der Waals surface area contributed by atoms with Gasteiger partial charge in [0.1, 0.15) is 0 Å². The number of nitrogens with one attached hydrogen (secondary N) is 1. The maximum Gasteiger partial charge on any atom is 0.193 e. The Morgan fingerprint density at radius 1 is 1.53 bits per heavy atom. The third-order valence-electron chi connectivity index (χ3n) is 3.94. The monoisotopic (exact) mass is 277 g/mol. The Labute approximate surface area is 119 Å². The molecular formula is C15H23N3S. The molecule has 19 heavy (non-hydrogen) atoms. The van der Waals surface area contributed by atoms with Gasteiger partial charge in [0.05, 0.1) is 5.69 Å². The molecule has 1 fully saturated rings. The van der Waals surface area contributed by atoms with Crippen molar-refractivity contribution in [2.24, 2.45) is 5.92 Å². The van der Waals surface area contributed by atoms with E-state index in [1.807, 2.05) is 0 Å². The predicted octanol–water partition coefficient (Wildman–Crippen LogP) is 3.50. The first-order valence-electron chi connectivity index (χ1n) is 7.51. The smallest absolute Gasteiger partial charge is 0.193 e. The first-order valence-corrected chi connectivity index (χ1v) is 8.39. The molecule has 2 heterocycles.